The fourth-order valence-electron chi connectivity index (χ4n) is 3.49. The zero-order valence-electron chi connectivity index (χ0n) is 20.0. The first-order valence-electron chi connectivity index (χ1n) is 11.2. The summed E-state index contributed by atoms with van der Waals surface area (Å²) in [5.41, 5.74) is 19.6. The highest BCUT2D eigenvalue weighted by molar-refractivity contribution is 6.01. The van der Waals surface area contributed by atoms with Gasteiger partial charge in [0.2, 0.25) is 0 Å². The smallest absolute Gasteiger partial charge is 0.0732 e. The second kappa shape index (κ2) is 12.0. The van der Waals surface area contributed by atoms with Crippen LogP contribution in [0.5, 0.6) is 0 Å². The van der Waals surface area contributed by atoms with Crippen molar-refractivity contribution in [2.24, 2.45) is 16.5 Å². The van der Waals surface area contributed by atoms with Gasteiger partial charge >= 0.3 is 0 Å². The van der Waals surface area contributed by atoms with E-state index in [1.807, 2.05) is 55.5 Å². The molecule has 0 aliphatic rings. The van der Waals surface area contributed by atoms with Gasteiger partial charge < -0.3 is 16.8 Å². The number of nitrogens with one attached hydrogen (secondary N) is 1. The van der Waals surface area contributed by atoms with Gasteiger partial charge in [-0.05, 0) is 48.0 Å². The highest BCUT2D eigenvalue weighted by Crippen LogP contribution is 2.35. The number of allylic oxidation sites excluding steroid dienone is 2. The Morgan fingerprint density at radius 1 is 1.00 bits per heavy atom. The topological polar surface area (TPSA) is 89.3 Å². The van der Waals surface area contributed by atoms with Crippen molar-refractivity contribution in [3.8, 4) is 11.1 Å². The molecule has 5 nitrogen and oxygen atoms in total. The number of rotatable bonds is 10. The van der Waals surface area contributed by atoms with E-state index in [1.54, 1.807) is 18.5 Å². The van der Waals surface area contributed by atoms with E-state index < -0.39 is 0 Å². The molecule has 5 heteroatoms. The van der Waals surface area contributed by atoms with Gasteiger partial charge in [-0.2, -0.15) is 0 Å². The fraction of sp³-hybridized carbons (Fsp3) is 0.0667. The minimum absolute atomic E-state index is 0.465. The van der Waals surface area contributed by atoms with Gasteiger partial charge in [0, 0.05) is 52.7 Å². The Morgan fingerprint density at radius 2 is 1.74 bits per heavy atom. The predicted molar refractivity (Wildman–Crippen MR) is 150 cm³/mol. The number of nitrogens with two attached hydrogens (primary N) is 2. The summed E-state index contributed by atoms with van der Waals surface area (Å²) in [5.74, 6) is 0. The number of hydrogen-bond acceptors (Lipinski definition) is 5. The molecule has 0 unspecified atom stereocenters. The van der Waals surface area contributed by atoms with E-state index in [0.29, 0.717) is 12.2 Å². The monoisotopic (exact) mass is 461 g/mol. The Morgan fingerprint density at radius 3 is 2.46 bits per heavy atom. The second-order valence-electron chi connectivity index (χ2n) is 7.98. The molecule has 35 heavy (non-hydrogen) atoms. The predicted octanol–water partition coefficient (Wildman–Crippen LogP) is 5.96. The molecule has 3 aromatic rings. The zero-order chi connectivity index (χ0) is 25.2. The molecule has 0 bridgehead atoms. The van der Waals surface area contributed by atoms with Crippen LogP contribution in [0.3, 0.4) is 0 Å². The molecular formula is C30H31N5. The Kier molecular flexibility index (Phi) is 8.57. The SMILES string of the molecule is C=C(/C=C\C=C/N)CNC(=C)c1c(N=C(C)c2cncc(C(=C)N)c2)cccc1-c1ccccc1. The number of aliphatic imine (C=N–C) groups is 1. The minimum Gasteiger partial charge on any atom is -0.405 e. The summed E-state index contributed by atoms with van der Waals surface area (Å²) < 4.78 is 0. The van der Waals surface area contributed by atoms with Crippen LogP contribution in [0.15, 0.2) is 122 Å². The van der Waals surface area contributed by atoms with Gasteiger partial charge in [-0.3, -0.25) is 9.98 Å². The minimum atomic E-state index is 0.465. The van der Waals surface area contributed by atoms with E-state index >= 15 is 0 Å². The lowest BCUT2D eigenvalue weighted by molar-refractivity contribution is 0.983. The van der Waals surface area contributed by atoms with E-state index in [4.69, 9.17) is 16.5 Å². The Bertz CT molecular complexity index is 1310. The summed E-state index contributed by atoms with van der Waals surface area (Å²) in [6, 6.07) is 18.2. The molecule has 1 aromatic heterocycles. The maximum atomic E-state index is 5.86. The van der Waals surface area contributed by atoms with Gasteiger partial charge in [0.25, 0.3) is 0 Å². The molecule has 0 saturated heterocycles. The number of hydrogen-bond donors (Lipinski definition) is 3. The van der Waals surface area contributed by atoms with Gasteiger partial charge in [0.1, 0.15) is 0 Å². The maximum Gasteiger partial charge on any atom is 0.0732 e. The standard InChI is InChI=1S/C30H31N5/c1-21(11-8-9-16-31)18-34-24(4)30-28(25-12-6-5-7-13-25)14-10-15-29(30)35-23(3)27-17-26(22(2)32)19-33-20-27/h5-17,19-20,34H,1-2,4,18,31-32H2,3H3/b11-8-,16-9-,35-23?. The van der Waals surface area contributed by atoms with Crippen LogP contribution in [0, 0.1) is 0 Å². The number of pyridine rings is 1. The molecule has 0 atom stereocenters. The molecule has 5 N–H and O–H groups in total. The van der Waals surface area contributed by atoms with Gasteiger partial charge in [-0.1, -0.05) is 74.4 Å². The van der Waals surface area contributed by atoms with Gasteiger partial charge in [-0.25, -0.2) is 0 Å². The molecule has 0 fully saturated rings. The molecule has 1 heterocycles. The van der Waals surface area contributed by atoms with Crippen LogP contribution in [0.4, 0.5) is 5.69 Å². The van der Waals surface area contributed by atoms with E-state index in [2.05, 4.69) is 48.2 Å². The summed E-state index contributed by atoms with van der Waals surface area (Å²) >= 11 is 0. The first-order chi connectivity index (χ1) is 16.9. The average Bonchev–Trinajstić information content (AvgIpc) is 2.88. The molecule has 2 aromatic carbocycles. The molecule has 0 aliphatic carbocycles. The third-order valence-corrected chi connectivity index (χ3v) is 5.33. The maximum absolute atomic E-state index is 5.86. The average molecular weight is 462 g/mol. The summed E-state index contributed by atoms with van der Waals surface area (Å²) in [5, 5.41) is 3.40. The third-order valence-electron chi connectivity index (χ3n) is 5.33. The Hall–Kier alpha value is -4.64. The van der Waals surface area contributed by atoms with Crippen LogP contribution >= 0.6 is 0 Å². The van der Waals surface area contributed by atoms with Crippen LogP contribution in [0.25, 0.3) is 22.5 Å². The molecular weight excluding hydrogens is 430 g/mol. The Balaban J connectivity index is 2.02. The van der Waals surface area contributed by atoms with Crippen LogP contribution in [0.2, 0.25) is 0 Å². The summed E-state index contributed by atoms with van der Waals surface area (Å²) in [6.07, 6.45) is 10.4. The second-order valence-corrected chi connectivity index (χ2v) is 7.98. The van der Waals surface area contributed by atoms with Crippen molar-refractivity contribution in [3.63, 3.8) is 0 Å². The number of nitrogens with zero attached hydrogens (tertiary/aromatic N) is 2. The summed E-state index contributed by atoms with van der Waals surface area (Å²) in [6.45, 7) is 14.7. The zero-order valence-corrected chi connectivity index (χ0v) is 20.0. The van der Waals surface area contributed by atoms with Crippen molar-refractivity contribution in [3.05, 3.63) is 133 Å². The Labute approximate surface area is 207 Å². The molecule has 176 valence electrons. The highest BCUT2D eigenvalue weighted by atomic mass is 14.9. The van der Waals surface area contributed by atoms with Crippen molar-refractivity contribution in [1.29, 1.82) is 0 Å². The van der Waals surface area contributed by atoms with Crippen molar-refractivity contribution in [2.45, 2.75) is 6.92 Å². The summed E-state index contributed by atoms with van der Waals surface area (Å²) in [7, 11) is 0. The molecule has 0 saturated carbocycles. The van der Waals surface area contributed by atoms with Crippen LogP contribution in [-0.4, -0.2) is 17.2 Å². The molecule has 0 aliphatic heterocycles. The normalized spacial score (nSPS) is 11.6. The lowest BCUT2D eigenvalue weighted by Crippen LogP contribution is -2.14. The van der Waals surface area contributed by atoms with Crippen LogP contribution in [0.1, 0.15) is 23.6 Å². The molecule has 3 rings (SSSR count). The first-order valence-corrected chi connectivity index (χ1v) is 11.2. The molecule has 0 spiro atoms. The molecule has 0 radical (unpaired) electrons. The van der Waals surface area contributed by atoms with Crippen molar-refractivity contribution < 1.29 is 0 Å². The van der Waals surface area contributed by atoms with Crippen molar-refractivity contribution >= 4 is 22.8 Å². The fourth-order valence-corrected chi connectivity index (χ4v) is 3.49. The number of benzene rings is 2. The van der Waals surface area contributed by atoms with Crippen molar-refractivity contribution in [1.82, 2.24) is 10.3 Å². The van der Waals surface area contributed by atoms with E-state index in [1.165, 1.54) is 6.20 Å². The lowest BCUT2D eigenvalue weighted by atomic mass is 9.96. The van der Waals surface area contributed by atoms with Gasteiger partial charge in [-0.15, -0.1) is 0 Å². The lowest BCUT2D eigenvalue weighted by Gasteiger charge is -2.17. The largest absolute Gasteiger partial charge is 0.405 e. The van der Waals surface area contributed by atoms with Crippen molar-refractivity contribution in [2.75, 3.05) is 6.54 Å². The summed E-state index contributed by atoms with van der Waals surface area (Å²) in [4.78, 5) is 9.26. The first kappa shape index (κ1) is 25.0. The van der Waals surface area contributed by atoms with E-state index in [0.717, 1.165) is 50.5 Å². The third kappa shape index (κ3) is 6.68. The molecule has 0 amide bonds. The van der Waals surface area contributed by atoms with Crippen LogP contribution < -0.4 is 16.8 Å². The van der Waals surface area contributed by atoms with Gasteiger partial charge in [0.15, 0.2) is 0 Å². The van der Waals surface area contributed by atoms with Crippen LogP contribution in [-0.2, 0) is 0 Å². The van der Waals surface area contributed by atoms with E-state index in [9.17, 15) is 0 Å². The number of aromatic nitrogens is 1. The quantitative estimate of drug-likeness (QED) is 0.257. The van der Waals surface area contributed by atoms with Gasteiger partial charge in [0.05, 0.1) is 5.69 Å². The van der Waals surface area contributed by atoms with E-state index in [-0.39, 0.29) is 0 Å². The highest BCUT2D eigenvalue weighted by Gasteiger charge is 2.14.